The molecule has 0 saturated carbocycles. The van der Waals surface area contributed by atoms with Crippen molar-refractivity contribution in [2.75, 3.05) is 14.2 Å². The van der Waals surface area contributed by atoms with Crippen molar-refractivity contribution in [1.29, 1.82) is 0 Å². The molecule has 0 saturated heterocycles. The lowest BCUT2D eigenvalue weighted by Crippen LogP contribution is -2.40. The summed E-state index contributed by atoms with van der Waals surface area (Å²) >= 11 is 0. The summed E-state index contributed by atoms with van der Waals surface area (Å²) < 4.78 is 15.3. The first-order valence-corrected chi connectivity index (χ1v) is 10.1. The van der Waals surface area contributed by atoms with E-state index in [0.717, 1.165) is 12.0 Å². The van der Waals surface area contributed by atoms with Gasteiger partial charge in [-0.3, -0.25) is 13.9 Å². The first-order chi connectivity index (χ1) is 14.5. The Hall–Kier alpha value is -3.29. The highest BCUT2D eigenvalue weighted by atomic mass is 16.5. The van der Waals surface area contributed by atoms with Gasteiger partial charge in [-0.2, -0.15) is 0 Å². The molecule has 2 heterocycles. The van der Waals surface area contributed by atoms with E-state index in [-0.39, 0.29) is 11.2 Å². The lowest BCUT2D eigenvalue weighted by Gasteiger charge is -2.10. The van der Waals surface area contributed by atoms with Crippen LogP contribution >= 0.6 is 0 Å². The Morgan fingerprint density at radius 1 is 1.00 bits per heavy atom. The van der Waals surface area contributed by atoms with Crippen LogP contribution in [0.2, 0.25) is 0 Å². The van der Waals surface area contributed by atoms with Crippen molar-refractivity contribution in [1.82, 2.24) is 18.7 Å². The van der Waals surface area contributed by atoms with Crippen LogP contribution in [-0.2, 0) is 20.1 Å². The first kappa shape index (κ1) is 21.4. The van der Waals surface area contributed by atoms with E-state index >= 15 is 0 Å². The van der Waals surface area contributed by atoms with Crippen molar-refractivity contribution in [2.45, 2.75) is 39.8 Å². The Labute approximate surface area is 175 Å². The number of aryl methyl sites for hydroxylation is 2. The van der Waals surface area contributed by atoms with Crippen LogP contribution in [0.1, 0.15) is 38.1 Å². The number of hydrogen-bond acceptors (Lipinski definition) is 5. The van der Waals surface area contributed by atoms with Gasteiger partial charge < -0.3 is 14.0 Å². The van der Waals surface area contributed by atoms with E-state index in [2.05, 4.69) is 4.98 Å². The van der Waals surface area contributed by atoms with E-state index in [4.69, 9.17) is 9.47 Å². The number of methoxy groups -OCH3 is 2. The minimum Gasteiger partial charge on any atom is -0.497 e. The molecule has 0 fully saturated rings. The van der Waals surface area contributed by atoms with E-state index < -0.39 is 0 Å². The normalized spacial score (nSPS) is 11.5. The number of nitrogens with zero attached hydrogens (tertiary/aromatic N) is 4. The lowest BCUT2D eigenvalue weighted by atomic mass is 10.1. The molecule has 1 aromatic carbocycles. The van der Waals surface area contributed by atoms with E-state index in [1.807, 2.05) is 38.1 Å². The quantitative estimate of drug-likeness (QED) is 0.568. The molecule has 0 spiro atoms. The fourth-order valence-corrected chi connectivity index (χ4v) is 3.49. The topological polar surface area (TPSA) is 80.3 Å². The number of rotatable bonds is 8. The third kappa shape index (κ3) is 3.77. The standard InChI is InChI=1S/C22H28N4O4/c1-6-12-25-20-19(21(27)26(13-7-2)22(25)28)24(3)18(23-20)11-9-15-8-10-16(29-4)14-17(15)30-5/h8-11,14H,6-7,12-13H2,1-5H3/b11-9+. The Bertz CT molecular complexity index is 1200. The van der Waals surface area contributed by atoms with Crippen molar-refractivity contribution in [3.63, 3.8) is 0 Å². The maximum atomic E-state index is 13.0. The summed E-state index contributed by atoms with van der Waals surface area (Å²) in [6, 6.07) is 5.54. The molecule has 3 rings (SSSR count). The zero-order valence-electron chi connectivity index (χ0n) is 18.1. The van der Waals surface area contributed by atoms with Crippen molar-refractivity contribution in [3.8, 4) is 11.5 Å². The predicted octanol–water partition coefficient (Wildman–Crippen LogP) is 2.90. The second-order valence-corrected chi connectivity index (χ2v) is 7.03. The molecular weight excluding hydrogens is 384 g/mol. The molecule has 0 atom stereocenters. The average Bonchev–Trinajstić information content (AvgIpc) is 3.08. The molecule has 160 valence electrons. The van der Waals surface area contributed by atoms with Crippen molar-refractivity contribution in [2.24, 2.45) is 7.05 Å². The van der Waals surface area contributed by atoms with E-state index in [0.29, 0.717) is 48.0 Å². The summed E-state index contributed by atoms with van der Waals surface area (Å²) in [5.41, 5.74) is 1.09. The van der Waals surface area contributed by atoms with Crippen LogP contribution in [0.5, 0.6) is 11.5 Å². The Balaban J connectivity index is 2.17. The first-order valence-electron chi connectivity index (χ1n) is 10.1. The number of benzene rings is 1. The fourth-order valence-electron chi connectivity index (χ4n) is 3.49. The van der Waals surface area contributed by atoms with Crippen LogP contribution in [0.15, 0.2) is 27.8 Å². The molecule has 0 aliphatic rings. The average molecular weight is 412 g/mol. The van der Waals surface area contributed by atoms with Gasteiger partial charge in [0, 0.05) is 31.8 Å². The number of aromatic nitrogens is 4. The molecule has 8 nitrogen and oxygen atoms in total. The number of ether oxygens (including phenoxy) is 2. The minimum absolute atomic E-state index is 0.304. The van der Waals surface area contributed by atoms with Crippen LogP contribution in [0.3, 0.4) is 0 Å². The molecule has 0 aliphatic carbocycles. The molecule has 8 heteroatoms. The van der Waals surface area contributed by atoms with Gasteiger partial charge in [0.05, 0.1) is 14.2 Å². The molecule has 0 N–H and O–H groups in total. The van der Waals surface area contributed by atoms with Crippen LogP contribution in [0, 0.1) is 0 Å². The molecular formula is C22H28N4O4. The van der Waals surface area contributed by atoms with Gasteiger partial charge in [-0.1, -0.05) is 13.8 Å². The predicted molar refractivity (Wildman–Crippen MR) is 118 cm³/mol. The lowest BCUT2D eigenvalue weighted by molar-refractivity contribution is 0.394. The fraction of sp³-hybridized carbons (Fsp3) is 0.409. The zero-order valence-corrected chi connectivity index (χ0v) is 18.1. The summed E-state index contributed by atoms with van der Waals surface area (Å²) in [4.78, 5) is 30.5. The number of hydrogen-bond donors (Lipinski definition) is 0. The highest BCUT2D eigenvalue weighted by Gasteiger charge is 2.18. The SMILES string of the molecule is CCCn1c(=O)c2c(nc(/C=C/c3ccc(OC)cc3OC)n2C)n(CCC)c1=O. The minimum atomic E-state index is -0.305. The number of fused-ring (bicyclic) bond motifs is 1. The van der Waals surface area contributed by atoms with Gasteiger partial charge in [0.2, 0.25) is 0 Å². The Kier molecular flexibility index (Phi) is 6.44. The van der Waals surface area contributed by atoms with Gasteiger partial charge >= 0.3 is 5.69 Å². The van der Waals surface area contributed by atoms with Gasteiger partial charge in [0.15, 0.2) is 11.2 Å². The molecule has 0 amide bonds. The molecule has 0 aliphatic heterocycles. The maximum Gasteiger partial charge on any atom is 0.332 e. The highest BCUT2D eigenvalue weighted by Crippen LogP contribution is 2.26. The molecule has 30 heavy (non-hydrogen) atoms. The smallest absolute Gasteiger partial charge is 0.332 e. The third-order valence-electron chi connectivity index (χ3n) is 5.02. The van der Waals surface area contributed by atoms with Gasteiger partial charge in [0.25, 0.3) is 5.56 Å². The molecule has 0 unspecified atom stereocenters. The number of imidazole rings is 1. The van der Waals surface area contributed by atoms with Gasteiger partial charge in [-0.05, 0) is 37.1 Å². The summed E-state index contributed by atoms with van der Waals surface area (Å²) in [6.07, 6.45) is 5.15. The van der Waals surface area contributed by atoms with Crippen LogP contribution in [0.4, 0.5) is 0 Å². The second kappa shape index (κ2) is 9.02. The van der Waals surface area contributed by atoms with Crippen LogP contribution in [0.25, 0.3) is 23.3 Å². The van der Waals surface area contributed by atoms with E-state index in [1.54, 1.807) is 36.5 Å². The molecule has 2 aromatic heterocycles. The zero-order chi connectivity index (χ0) is 21.8. The van der Waals surface area contributed by atoms with Crippen LogP contribution in [-0.4, -0.2) is 32.9 Å². The van der Waals surface area contributed by atoms with Gasteiger partial charge in [0.1, 0.15) is 17.3 Å². The highest BCUT2D eigenvalue weighted by molar-refractivity contribution is 5.77. The summed E-state index contributed by atoms with van der Waals surface area (Å²) in [5.74, 6) is 1.95. The Morgan fingerprint density at radius 2 is 1.70 bits per heavy atom. The van der Waals surface area contributed by atoms with Crippen molar-refractivity contribution < 1.29 is 9.47 Å². The monoisotopic (exact) mass is 412 g/mol. The van der Waals surface area contributed by atoms with Gasteiger partial charge in [-0.25, -0.2) is 9.78 Å². The van der Waals surface area contributed by atoms with Crippen molar-refractivity contribution in [3.05, 3.63) is 50.4 Å². The molecule has 0 bridgehead atoms. The van der Waals surface area contributed by atoms with E-state index in [9.17, 15) is 9.59 Å². The van der Waals surface area contributed by atoms with Gasteiger partial charge in [-0.15, -0.1) is 0 Å². The summed E-state index contributed by atoms with van der Waals surface area (Å²) in [6.45, 7) is 4.83. The maximum absolute atomic E-state index is 13.0. The van der Waals surface area contributed by atoms with Crippen molar-refractivity contribution >= 4 is 23.3 Å². The largest absolute Gasteiger partial charge is 0.497 e. The second-order valence-electron chi connectivity index (χ2n) is 7.03. The summed E-state index contributed by atoms with van der Waals surface area (Å²) in [5, 5.41) is 0. The van der Waals surface area contributed by atoms with E-state index in [1.165, 1.54) is 4.57 Å². The van der Waals surface area contributed by atoms with Crippen LogP contribution < -0.4 is 20.7 Å². The summed E-state index contributed by atoms with van der Waals surface area (Å²) in [7, 11) is 4.99. The third-order valence-corrected chi connectivity index (χ3v) is 5.02. The molecule has 3 aromatic rings. The molecule has 0 radical (unpaired) electrons. The Morgan fingerprint density at radius 3 is 2.33 bits per heavy atom.